The van der Waals surface area contributed by atoms with Gasteiger partial charge in [-0.1, -0.05) is 13.8 Å². The summed E-state index contributed by atoms with van der Waals surface area (Å²) in [6.45, 7) is 3.46. The van der Waals surface area contributed by atoms with Crippen molar-refractivity contribution in [2.45, 2.75) is 32.3 Å². The fraction of sp³-hybridized carbons (Fsp3) is 0.429. The number of amides is 2. The van der Waals surface area contributed by atoms with Gasteiger partial charge in [0.15, 0.2) is 11.6 Å². The monoisotopic (exact) mass is 300 g/mol. The maximum Gasteiger partial charge on any atom is 0.313 e. The molecule has 21 heavy (non-hydrogen) atoms. The molecule has 0 radical (unpaired) electrons. The lowest BCUT2D eigenvalue weighted by Crippen LogP contribution is -2.45. The zero-order valence-electron chi connectivity index (χ0n) is 11.9. The highest BCUT2D eigenvalue weighted by atomic mass is 19.2. The molecule has 0 bridgehead atoms. The molecule has 2 amide bonds. The summed E-state index contributed by atoms with van der Waals surface area (Å²) in [4.78, 5) is 23.2. The van der Waals surface area contributed by atoms with Gasteiger partial charge in [0, 0.05) is 18.3 Å². The van der Waals surface area contributed by atoms with Gasteiger partial charge < -0.3 is 15.7 Å². The molecule has 1 aromatic carbocycles. The van der Waals surface area contributed by atoms with Crippen molar-refractivity contribution in [2.24, 2.45) is 0 Å². The van der Waals surface area contributed by atoms with Gasteiger partial charge in [-0.2, -0.15) is 0 Å². The van der Waals surface area contributed by atoms with Gasteiger partial charge in [-0.15, -0.1) is 0 Å². The van der Waals surface area contributed by atoms with Crippen LogP contribution in [0, 0.1) is 11.6 Å². The van der Waals surface area contributed by atoms with E-state index in [-0.39, 0.29) is 12.2 Å². The molecule has 3 N–H and O–H groups in total. The van der Waals surface area contributed by atoms with Crippen molar-refractivity contribution in [3.63, 3.8) is 0 Å². The first-order chi connectivity index (χ1) is 9.81. The number of carbonyl (C=O) groups excluding carboxylic acids is 2. The van der Waals surface area contributed by atoms with E-state index >= 15 is 0 Å². The normalized spacial score (nSPS) is 11.1. The number of carbonyl (C=O) groups is 2. The highest BCUT2D eigenvalue weighted by Crippen LogP contribution is 2.14. The Kier molecular flexibility index (Phi) is 5.78. The first-order valence-electron chi connectivity index (χ1n) is 6.58. The fourth-order valence-corrected chi connectivity index (χ4v) is 1.59. The Morgan fingerprint density at radius 2 is 1.76 bits per heavy atom. The van der Waals surface area contributed by atoms with Gasteiger partial charge in [-0.3, -0.25) is 9.59 Å². The lowest BCUT2D eigenvalue weighted by molar-refractivity contribution is -0.136. The van der Waals surface area contributed by atoms with Crippen molar-refractivity contribution in [3.05, 3.63) is 29.8 Å². The standard InChI is InChI=1S/C14H18F2N2O3/c1-3-14(21,4-2)8-17-12(19)13(20)18-9-5-6-10(15)11(16)7-9/h5-7,21H,3-4,8H2,1-2H3,(H,17,19)(H,18,20). The molecular formula is C14H18F2N2O3. The lowest BCUT2D eigenvalue weighted by Gasteiger charge is -2.25. The maximum absolute atomic E-state index is 13.0. The number of nitrogens with one attached hydrogen (secondary N) is 2. The number of aliphatic hydroxyl groups is 1. The van der Waals surface area contributed by atoms with Crippen LogP contribution >= 0.6 is 0 Å². The van der Waals surface area contributed by atoms with Crippen molar-refractivity contribution in [1.29, 1.82) is 0 Å². The summed E-state index contributed by atoms with van der Waals surface area (Å²) in [5.74, 6) is -4.15. The Morgan fingerprint density at radius 1 is 1.14 bits per heavy atom. The number of hydrogen-bond donors (Lipinski definition) is 3. The summed E-state index contributed by atoms with van der Waals surface area (Å²) in [5.41, 5.74) is -1.10. The average molecular weight is 300 g/mol. The summed E-state index contributed by atoms with van der Waals surface area (Å²) in [6.07, 6.45) is 0.850. The molecule has 0 heterocycles. The van der Waals surface area contributed by atoms with E-state index < -0.39 is 29.0 Å². The number of anilines is 1. The molecule has 0 atom stereocenters. The molecule has 0 aliphatic heterocycles. The van der Waals surface area contributed by atoms with E-state index in [1.807, 2.05) is 0 Å². The molecule has 116 valence electrons. The number of halogens is 2. The molecule has 1 rings (SSSR count). The van der Waals surface area contributed by atoms with Crippen molar-refractivity contribution in [1.82, 2.24) is 5.32 Å². The maximum atomic E-state index is 13.0. The molecule has 5 nitrogen and oxygen atoms in total. The molecule has 0 aliphatic carbocycles. The first-order valence-corrected chi connectivity index (χ1v) is 6.58. The minimum Gasteiger partial charge on any atom is -0.388 e. The number of benzene rings is 1. The van der Waals surface area contributed by atoms with Gasteiger partial charge >= 0.3 is 11.8 Å². The van der Waals surface area contributed by atoms with Crippen molar-refractivity contribution >= 4 is 17.5 Å². The van der Waals surface area contributed by atoms with E-state index in [0.29, 0.717) is 12.8 Å². The third-order valence-corrected chi connectivity index (χ3v) is 3.28. The third kappa shape index (κ3) is 4.78. The van der Waals surface area contributed by atoms with Crippen LogP contribution in [0.1, 0.15) is 26.7 Å². The molecule has 1 aromatic rings. The Labute approximate surface area is 121 Å². The molecule has 0 fully saturated rings. The largest absolute Gasteiger partial charge is 0.388 e. The summed E-state index contributed by atoms with van der Waals surface area (Å²) < 4.78 is 25.7. The molecule has 7 heteroatoms. The van der Waals surface area contributed by atoms with E-state index in [2.05, 4.69) is 10.6 Å². The zero-order chi connectivity index (χ0) is 16.0. The zero-order valence-corrected chi connectivity index (χ0v) is 11.9. The third-order valence-electron chi connectivity index (χ3n) is 3.28. The summed E-state index contributed by atoms with van der Waals surface area (Å²) >= 11 is 0. The van der Waals surface area contributed by atoms with Crippen LogP contribution in [-0.4, -0.2) is 29.1 Å². The van der Waals surface area contributed by atoms with E-state index in [4.69, 9.17) is 0 Å². The molecule has 0 spiro atoms. The van der Waals surface area contributed by atoms with Crippen LogP contribution in [-0.2, 0) is 9.59 Å². The van der Waals surface area contributed by atoms with Crippen LogP contribution in [0.25, 0.3) is 0 Å². The summed E-state index contributed by atoms with van der Waals surface area (Å²) in [7, 11) is 0. The van der Waals surface area contributed by atoms with Crippen LogP contribution in [0.3, 0.4) is 0 Å². The molecule has 0 saturated carbocycles. The highest BCUT2D eigenvalue weighted by molar-refractivity contribution is 6.39. The fourth-order valence-electron chi connectivity index (χ4n) is 1.59. The SMILES string of the molecule is CCC(O)(CC)CNC(=O)C(=O)Nc1ccc(F)c(F)c1. The quantitative estimate of drug-likeness (QED) is 0.722. The molecular weight excluding hydrogens is 282 g/mol. The topological polar surface area (TPSA) is 78.4 Å². The Bertz CT molecular complexity index is 531. The Morgan fingerprint density at radius 3 is 2.29 bits per heavy atom. The second-order valence-electron chi connectivity index (χ2n) is 4.70. The van der Waals surface area contributed by atoms with E-state index in [9.17, 15) is 23.5 Å². The lowest BCUT2D eigenvalue weighted by atomic mass is 9.98. The predicted molar refractivity (Wildman–Crippen MR) is 73.5 cm³/mol. The van der Waals surface area contributed by atoms with E-state index in [0.717, 1.165) is 18.2 Å². The predicted octanol–water partition coefficient (Wildman–Crippen LogP) is 1.57. The molecule has 0 unspecified atom stereocenters. The number of rotatable bonds is 5. The summed E-state index contributed by atoms with van der Waals surface area (Å²) in [6, 6.07) is 2.75. The smallest absolute Gasteiger partial charge is 0.313 e. The van der Waals surface area contributed by atoms with Gasteiger partial charge in [0.25, 0.3) is 0 Å². The minimum atomic E-state index is -1.13. The van der Waals surface area contributed by atoms with Crippen molar-refractivity contribution < 1.29 is 23.5 Å². The highest BCUT2D eigenvalue weighted by Gasteiger charge is 2.24. The van der Waals surface area contributed by atoms with Crippen molar-refractivity contribution in [2.75, 3.05) is 11.9 Å². The van der Waals surface area contributed by atoms with Crippen molar-refractivity contribution in [3.8, 4) is 0 Å². The second kappa shape index (κ2) is 7.12. The van der Waals surface area contributed by atoms with Gasteiger partial charge in [-0.05, 0) is 25.0 Å². The Balaban J connectivity index is 2.59. The van der Waals surface area contributed by atoms with Crippen LogP contribution in [0.2, 0.25) is 0 Å². The Hall–Kier alpha value is -2.02. The second-order valence-corrected chi connectivity index (χ2v) is 4.70. The summed E-state index contributed by atoms with van der Waals surface area (Å²) in [5, 5.41) is 14.4. The minimum absolute atomic E-state index is 0.0321. The van der Waals surface area contributed by atoms with Gasteiger partial charge in [0.2, 0.25) is 0 Å². The average Bonchev–Trinajstić information content (AvgIpc) is 2.48. The van der Waals surface area contributed by atoms with E-state index in [1.165, 1.54) is 0 Å². The van der Waals surface area contributed by atoms with Gasteiger partial charge in [-0.25, -0.2) is 8.78 Å². The molecule has 0 aromatic heterocycles. The van der Waals surface area contributed by atoms with Crippen LogP contribution < -0.4 is 10.6 Å². The van der Waals surface area contributed by atoms with Crippen LogP contribution in [0.15, 0.2) is 18.2 Å². The number of hydrogen-bond acceptors (Lipinski definition) is 3. The van der Waals surface area contributed by atoms with Crippen LogP contribution in [0.5, 0.6) is 0 Å². The van der Waals surface area contributed by atoms with Crippen LogP contribution in [0.4, 0.5) is 14.5 Å². The first kappa shape index (κ1) is 17.0. The van der Waals surface area contributed by atoms with E-state index in [1.54, 1.807) is 13.8 Å². The van der Waals surface area contributed by atoms with Gasteiger partial charge in [0.1, 0.15) is 0 Å². The molecule has 0 aliphatic rings. The molecule has 0 saturated heterocycles. The van der Waals surface area contributed by atoms with Gasteiger partial charge in [0.05, 0.1) is 5.60 Å².